The fourth-order valence-corrected chi connectivity index (χ4v) is 4.03. The zero-order chi connectivity index (χ0) is 24.6. The van der Waals surface area contributed by atoms with Gasteiger partial charge in [0, 0.05) is 7.11 Å². The van der Waals surface area contributed by atoms with Crippen molar-refractivity contribution < 1.29 is 28.3 Å². The number of hydrogen-bond acceptors (Lipinski definition) is 8. The Bertz CT molecular complexity index is 1260. The van der Waals surface area contributed by atoms with Crippen molar-refractivity contribution in [2.45, 2.75) is 6.54 Å². The van der Waals surface area contributed by atoms with Gasteiger partial charge in [0.25, 0.3) is 12.1 Å². The van der Waals surface area contributed by atoms with E-state index in [1.807, 2.05) is 54.6 Å². The van der Waals surface area contributed by atoms with E-state index in [2.05, 4.69) is 15.6 Å². The van der Waals surface area contributed by atoms with E-state index in [1.54, 1.807) is 26.5 Å². The quantitative estimate of drug-likeness (QED) is 0.360. The van der Waals surface area contributed by atoms with E-state index in [0.29, 0.717) is 29.8 Å². The molecule has 0 bridgehead atoms. The van der Waals surface area contributed by atoms with Crippen molar-refractivity contribution >= 4 is 46.4 Å². The molecular weight excluding hydrogens is 470 g/mol. The van der Waals surface area contributed by atoms with Crippen molar-refractivity contribution in [1.29, 1.82) is 0 Å². The van der Waals surface area contributed by atoms with Crippen molar-refractivity contribution in [3.63, 3.8) is 0 Å². The van der Waals surface area contributed by atoms with Crippen LogP contribution in [0.5, 0.6) is 5.75 Å². The first-order valence-corrected chi connectivity index (χ1v) is 11.7. The second-order valence-electron chi connectivity index (χ2n) is 7.34. The number of aromatic nitrogens is 2. The Hall–Kier alpha value is -3.96. The summed E-state index contributed by atoms with van der Waals surface area (Å²) in [5.41, 5.74) is 1.70. The largest absolute Gasteiger partial charge is 0.497 e. The minimum Gasteiger partial charge on any atom is -0.497 e. The monoisotopic (exact) mass is 494 g/mol. The van der Waals surface area contributed by atoms with E-state index in [0.717, 1.165) is 17.3 Å². The molecule has 35 heavy (non-hydrogen) atoms. The highest BCUT2D eigenvalue weighted by Crippen LogP contribution is 2.29. The van der Waals surface area contributed by atoms with E-state index in [-0.39, 0.29) is 29.1 Å². The summed E-state index contributed by atoms with van der Waals surface area (Å²) in [6, 6.07) is 16.5. The van der Waals surface area contributed by atoms with Gasteiger partial charge in [-0.2, -0.15) is 0 Å². The van der Waals surface area contributed by atoms with Crippen LogP contribution in [0.2, 0.25) is 0 Å². The molecule has 2 amide bonds. The predicted molar refractivity (Wildman–Crippen MR) is 132 cm³/mol. The average molecular weight is 495 g/mol. The van der Waals surface area contributed by atoms with Gasteiger partial charge < -0.3 is 9.47 Å². The maximum atomic E-state index is 13.3. The number of carbonyl (C=O) groups excluding carboxylic acids is 2. The number of carbonyl (C=O) groups is 2. The molecule has 10 nitrogen and oxygen atoms in total. The standard InChI is InChI=1S/C24H23N5O5S/c1-32-12-11-28-15-22(34-27-28)26-21(30)16-35-24-25-20(14-17-7-6-10-19(13-17)33-2)23(31)29(24)18-8-4-3-5-9-18/h3-10,13-15H,11-12,16H2,1-2H3/p+1/b20-14+. The highest BCUT2D eigenvalue weighted by Gasteiger charge is 2.32. The number of aliphatic imine (C=N–C) groups is 1. The van der Waals surface area contributed by atoms with Crippen molar-refractivity contribution in [2.24, 2.45) is 4.99 Å². The third-order valence-corrected chi connectivity index (χ3v) is 5.81. The van der Waals surface area contributed by atoms with Crippen molar-refractivity contribution in [2.75, 3.05) is 36.8 Å². The maximum Gasteiger partial charge on any atom is 0.302 e. The first-order valence-electron chi connectivity index (χ1n) is 10.7. The Morgan fingerprint density at radius 2 is 2.03 bits per heavy atom. The van der Waals surface area contributed by atoms with Gasteiger partial charge in [0.2, 0.25) is 17.7 Å². The summed E-state index contributed by atoms with van der Waals surface area (Å²) in [7, 11) is 3.17. The highest BCUT2D eigenvalue weighted by atomic mass is 32.2. The molecule has 11 heteroatoms. The third-order valence-electron chi connectivity index (χ3n) is 4.87. The van der Waals surface area contributed by atoms with Crippen LogP contribution in [0.15, 0.2) is 76.0 Å². The van der Waals surface area contributed by atoms with Crippen molar-refractivity contribution in [3.05, 3.63) is 72.1 Å². The predicted octanol–water partition coefficient (Wildman–Crippen LogP) is 2.73. The Labute approximate surface area is 206 Å². The van der Waals surface area contributed by atoms with Gasteiger partial charge in [0.15, 0.2) is 5.17 Å². The summed E-state index contributed by atoms with van der Waals surface area (Å²) in [6.07, 6.45) is 3.27. The summed E-state index contributed by atoms with van der Waals surface area (Å²) in [5.74, 6) is 0.307. The van der Waals surface area contributed by atoms with E-state index >= 15 is 0 Å². The summed E-state index contributed by atoms with van der Waals surface area (Å²) in [6.45, 7) is 0.965. The van der Waals surface area contributed by atoms with Crippen LogP contribution < -0.4 is 19.6 Å². The van der Waals surface area contributed by atoms with Crippen LogP contribution in [-0.2, 0) is 20.9 Å². The van der Waals surface area contributed by atoms with Crippen LogP contribution in [0.1, 0.15) is 5.56 Å². The number of thioether (sulfide) groups is 1. The SMILES string of the molecule is COCC[n+]1cc(NC(=O)CSC2=N/C(=C/c3cccc(OC)c3)C(=O)N2c2ccccc2)on1. The molecule has 2 heterocycles. The molecule has 0 unspecified atom stereocenters. The summed E-state index contributed by atoms with van der Waals surface area (Å²) < 4.78 is 16.9. The van der Waals surface area contributed by atoms with Gasteiger partial charge in [-0.05, 0) is 40.6 Å². The second kappa shape index (κ2) is 11.4. The molecule has 0 atom stereocenters. The zero-order valence-electron chi connectivity index (χ0n) is 19.2. The molecule has 0 radical (unpaired) electrons. The zero-order valence-corrected chi connectivity index (χ0v) is 20.0. The lowest BCUT2D eigenvalue weighted by molar-refractivity contribution is -0.763. The number of amides is 2. The van der Waals surface area contributed by atoms with Crippen LogP contribution in [0.4, 0.5) is 11.6 Å². The molecule has 1 aromatic heterocycles. The molecule has 0 fully saturated rings. The molecule has 1 aliphatic heterocycles. The smallest absolute Gasteiger partial charge is 0.302 e. The van der Waals surface area contributed by atoms with Crippen molar-refractivity contribution in [1.82, 2.24) is 5.27 Å². The number of rotatable bonds is 9. The second-order valence-corrected chi connectivity index (χ2v) is 8.28. The lowest BCUT2D eigenvalue weighted by Crippen LogP contribution is -2.36. The van der Waals surface area contributed by atoms with Gasteiger partial charge in [-0.15, -0.1) is 0 Å². The normalized spacial score (nSPS) is 14.3. The van der Waals surface area contributed by atoms with E-state index in [9.17, 15) is 9.59 Å². The fraction of sp³-hybridized carbons (Fsp3) is 0.208. The van der Waals surface area contributed by atoms with Crippen LogP contribution in [0, 0.1) is 0 Å². The average Bonchev–Trinajstić information content (AvgIpc) is 3.45. The number of anilines is 2. The Morgan fingerprint density at radius 1 is 1.20 bits per heavy atom. The number of para-hydroxylation sites is 1. The summed E-state index contributed by atoms with van der Waals surface area (Å²) in [5, 5.41) is 6.87. The van der Waals surface area contributed by atoms with Crippen LogP contribution >= 0.6 is 11.8 Å². The maximum absolute atomic E-state index is 13.3. The summed E-state index contributed by atoms with van der Waals surface area (Å²) >= 11 is 1.15. The first kappa shape index (κ1) is 24.2. The molecule has 0 saturated heterocycles. The van der Waals surface area contributed by atoms with Gasteiger partial charge in [0.05, 0.1) is 18.6 Å². The van der Waals surface area contributed by atoms with Gasteiger partial charge in [-0.1, -0.05) is 42.1 Å². The number of nitrogens with one attached hydrogen (secondary N) is 1. The first-order chi connectivity index (χ1) is 17.1. The lowest BCUT2D eigenvalue weighted by atomic mass is 10.2. The number of methoxy groups -OCH3 is 2. The van der Waals surface area contributed by atoms with Gasteiger partial charge in [0.1, 0.15) is 18.1 Å². The molecular formula is C24H24N5O5S+. The Morgan fingerprint density at radius 3 is 2.80 bits per heavy atom. The lowest BCUT2D eigenvalue weighted by Gasteiger charge is -2.17. The van der Waals surface area contributed by atoms with E-state index in [4.69, 9.17) is 14.0 Å². The minimum atomic E-state index is -0.321. The molecule has 1 N–H and O–H groups in total. The summed E-state index contributed by atoms with van der Waals surface area (Å²) in [4.78, 5) is 31.8. The molecule has 0 aliphatic carbocycles. The number of nitrogens with zero attached hydrogens (tertiary/aromatic N) is 4. The Balaban J connectivity index is 1.50. The molecule has 180 valence electrons. The molecule has 1 aliphatic rings. The molecule has 3 aromatic rings. The van der Waals surface area contributed by atoms with Gasteiger partial charge in [-0.25, -0.2) is 4.99 Å². The van der Waals surface area contributed by atoms with E-state index < -0.39 is 0 Å². The topological polar surface area (TPSA) is 110 Å². The Kier molecular flexibility index (Phi) is 7.91. The minimum absolute atomic E-state index is 0.0145. The van der Waals surface area contributed by atoms with Gasteiger partial charge in [-0.3, -0.25) is 24.3 Å². The molecule has 4 rings (SSSR count). The molecule has 2 aromatic carbocycles. The number of benzene rings is 2. The molecule has 0 saturated carbocycles. The van der Waals surface area contributed by atoms with Crippen molar-refractivity contribution in [3.8, 4) is 5.75 Å². The number of hydrogen-bond donors (Lipinski definition) is 1. The fourth-order valence-electron chi connectivity index (χ4n) is 3.21. The number of amidine groups is 1. The van der Waals surface area contributed by atoms with Crippen LogP contribution in [0.3, 0.4) is 0 Å². The molecule has 0 spiro atoms. The highest BCUT2D eigenvalue weighted by molar-refractivity contribution is 8.14. The number of ether oxygens (including phenoxy) is 2. The van der Waals surface area contributed by atoms with Crippen LogP contribution in [-0.4, -0.2) is 48.8 Å². The third kappa shape index (κ3) is 6.14. The van der Waals surface area contributed by atoms with E-state index in [1.165, 1.54) is 9.58 Å². The van der Waals surface area contributed by atoms with Crippen LogP contribution in [0.25, 0.3) is 6.08 Å². The van der Waals surface area contributed by atoms with Gasteiger partial charge >= 0.3 is 5.88 Å².